The van der Waals surface area contributed by atoms with Crippen molar-refractivity contribution in [1.29, 1.82) is 0 Å². The van der Waals surface area contributed by atoms with Crippen molar-refractivity contribution in [3.8, 4) is 0 Å². The third kappa shape index (κ3) is 1.67. The predicted octanol–water partition coefficient (Wildman–Crippen LogP) is 0.585. The van der Waals surface area contributed by atoms with E-state index in [-0.39, 0.29) is 0 Å². The quantitative estimate of drug-likeness (QED) is 0.799. The average molecular weight is 217 g/mol. The molecule has 0 aliphatic carbocycles. The Hall–Kier alpha value is -1.49. The van der Waals surface area contributed by atoms with Crippen LogP contribution in [-0.2, 0) is 6.42 Å². The monoisotopic (exact) mass is 217 g/mol. The van der Waals surface area contributed by atoms with Crippen LogP contribution in [0.1, 0.15) is 17.9 Å². The van der Waals surface area contributed by atoms with Crippen molar-refractivity contribution in [2.75, 3.05) is 13.1 Å². The highest BCUT2D eigenvalue weighted by molar-refractivity contribution is 5.36. The van der Waals surface area contributed by atoms with Crippen LogP contribution in [0.15, 0.2) is 12.1 Å². The summed E-state index contributed by atoms with van der Waals surface area (Å²) in [5.74, 6) is 1.65. The molecule has 2 aromatic heterocycles. The van der Waals surface area contributed by atoms with Crippen LogP contribution in [0.25, 0.3) is 5.65 Å². The third-order valence-corrected chi connectivity index (χ3v) is 3.09. The first-order valence-corrected chi connectivity index (χ1v) is 5.71. The Kier molecular flexibility index (Phi) is 2.32. The summed E-state index contributed by atoms with van der Waals surface area (Å²) in [4.78, 5) is 0. The molecule has 2 aromatic rings. The van der Waals surface area contributed by atoms with Gasteiger partial charge in [0, 0.05) is 6.42 Å². The van der Waals surface area contributed by atoms with E-state index in [4.69, 9.17) is 0 Å². The minimum absolute atomic E-state index is 0.676. The standard InChI is InChI=1S/C11H15N5/c1-8-2-3-10-13-14-11(16(10)15-8)6-9-4-5-12-7-9/h2-3,9,12H,4-7H2,1H3. The molecule has 0 saturated carbocycles. The first-order chi connectivity index (χ1) is 7.83. The first kappa shape index (κ1) is 9.72. The number of hydrogen-bond acceptors (Lipinski definition) is 4. The van der Waals surface area contributed by atoms with Gasteiger partial charge in [0.05, 0.1) is 5.69 Å². The minimum atomic E-state index is 0.676. The molecule has 0 radical (unpaired) electrons. The van der Waals surface area contributed by atoms with E-state index in [1.54, 1.807) is 0 Å². The second-order valence-electron chi connectivity index (χ2n) is 4.42. The topological polar surface area (TPSA) is 55.1 Å². The molecular formula is C11H15N5. The Balaban J connectivity index is 1.93. The van der Waals surface area contributed by atoms with Gasteiger partial charge < -0.3 is 5.32 Å². The van der Waals surface area contributed by atoms with E-state index in [1.807, 2.05) is 23.6 Å². The summed E-state index contributed by atoms with van der Waals surface area (Å²) >= 11 is 0. The van der Waals surface area contributed by atoms with Gasteiger partial charge in [-0.2, -0.15) is 9.61 Å². The van der Waals surface area contributed by atoms with E-state index < -0.39 is 0 Å². The number of fused-ring (bicyclic) bond motifs is 1. The zero-order valence-corrected chi connectivity index (χ0v) is 9.35. The van der Waals surface area contributed by atoms with E-state index in [1.165, 1.54) is 6.42 Å². The third-order valence-electron chi connectivity index (χ3n) is 3.09. The predicted molar refractivity (Wildman–Crippen MR) is 60.2 cm³/mol. The van der Waals surface area contributed by atoms with Crippen LogP contribution in [0.2, 0.25) is 0 Å². The maximum atomic E-state index is 4.45. The lowest BCUT2D eigenvalue weighted by Crippen LogP contribution is -2.13. The minimum Gasteiger partial charge on any atom is -0.316 e. The highest BCUT2D eigenvalue weighted by Gasteiger charge is 2.18. The van der Waals surface area contributed by atoms with Crippen LogP contribution in [0, 0.1) is 12.8 Å². The normalized spacial score (nSPS) is 20.7. The Morgan fingerprint density at radius 3 is 3.19 bits per heavy atom. The fourth-order valence-electron chi connectivity index (χ4n) is 2.20. The van der Waals surface area contributed by atoms with Crippen molar-refractivity contribution in [2.45, 2.75) is 19.8 Å². The maximum Gasteiger partial charge on any atom is 0.177 e. The molecule has 0 bridgehead atoms. The van der Waals surface area contributed by atoms with Crippen molar-refractivity contribution in [1.82, 2.24) is 25.1 Å². The molecule has 1 aliphatic rings. The van der Waals surface area contributed by atoms with Crippen molar-refractivity contribution >= 4 is 5.65 Å². The van der Waals surface area contributed by atoms with Gasteiger partial charge in [0.25, 0.3) is 0 Å². The molecule has 1 aliphatic heterocycles. The van der Waals surface area contributed by atoms with Gasteiger partial charge in [0.1, 0.15) is 0 Å². The fraction of sp³-hybridized carbons (Fsp3) is 0.545. The van der Waals surface area contributed by atoms with E-state index in [2.05, 4.69) is 20.6 Å². The molecule has 16 heavy (non-hydrogen) atoms. The van der Waals surface area contributed by atoms with E-state index in [0.717, 1.165) is 36.7 Å². The maximum absolute atomic E-state index is 4.45. The molecule has 1 unspecified atom stereocenters. The Labute approximate surface area is 93.9 Å². The smallest absolute Gasteiger partial charge is 0.177 e. The zero-order valence-electron chi connectivity index (χ0n) is 9.35. The number of aryl methyl sites for hydroxylation is 1. The lowest BCUT2D eigenvalue weighted by atomic mass is 10.1. The van der Waals surface area contributed by atoms with Crippen LogP contribution in [0.5, 0.6) is 0 Å². The SMILES string of the molecule is Cc1ccc2nnc(CC3CCNC3)n2n1. The van der Waals surface area contributed by atoms with E-state index in [9.17, 15) is 0 Å². The van der Waals surface area contributed by atoms with E-state index in [0.29, 0.717) is 5.92 Å². The van der Waals surface area contributed by atoms with Crippen LogP contribution >= 0.6 is 0 Å². The molecule has 3 heterocycles. The molecule has 84 valence electrons. The van der Waals surface area contributed by atoms with Gasteiger partial charge in [0.15, 0.2) is 11.5 Å². The van der Waals surface area contributed by atoms with Crippen LogP contribution in [0.4, 0.5) is 0 Å². The molecule has 0 aromatic carbocycles. The number of rotatable bonds is 2. The zero-order chi connectivity index (χ0) is 11.0. The van der Waals surface area contributed by atoms with E-state index >= 15 is 0 Å². The van der Waals surface area contributed by atoms with Gasteiger partial charge in [-0.05, 0) is 44.5 Å². The highest BCUT2D eigenvalue weighted by Crippen LogP contribution is 2.14. The molecule has 5 nitrogen and oxygen atoms in total. The van der Waals surface area contributed by atoms with Gasteiger partial charge in [-0.15, -0.1) is 10.2 Å². The molecule has 1 N–H and O–H groups in total. The molecule has 3 rings (SSSR count). The summed E-state index contributed by atoms with van der Waals surface area (Å²) in [7, 11) is 0. The summed E-state index contributed by atoms with van der Waals surface area (Å²) in [6, 6.07) is 3.93. The largest absolute Gasteiger partial charge is 0.316 e. The average Bonchev–Trinajstić information content (AvgIpc) is 2.90. The number of aromatic nitrogens is 4. The van der Waals surface area contributed by atoms with Crippen molar-refractivity contribution in [3.63, 3.8) is 0 Å². The molecule has 0 amide bonds. The van der Waals surface area contributed by atoms with Gasteiger partial charge in [-0.25, -0.2) is 0 Å². The highest BCUT2D eigenvalue weighted by atomic mass is 15.4. The summed E-state index contributed by atoms with van der Waals surface area (Å²) in [5, 5.41) is 16.2. The van der Waals surface area contributed by atoms with Gasteiger partial charge in [-0.1, -0.05) is 0 Å². The Morgan fingerprint density at radius 2 is 2.38 bits per heavy atom. The van der Waals surface area contributed by atoms with Crippen LogP contribution in [-0.4, -0.2) is 32.9 Å². The number of nitrogens with zero attached hydrogens (tertiary/aromatic N) is 4. The number of nitrogens with one attached hydrogen (secondary N) is 1. The van der Waals surface area contributed by atoms with Crippen LogP contribution < -0.4 is 5.32 Å². The van der Waals surface area contributed by atoms with Crippen molar-refractivity contribution in [3.05, 3.63) is 23.7 Å². The molecule has 5 heteroatoms. The molecule has 1 atom stereocenters. The molecule has 1 saturated heterocycles. The Morgan fingerprint density at radius 1 is 1.44 bits per heavy atom. The summed E-state index contributed by atoms with van der Waals surface area (Å²) in [6.45, 7) is 4.19. The van der Waals surface area contributed by atoms with Crippen molar-refractivity contribution < 1.29 is 0 Å². The van der Waals surface area contributed by atoms with Gasteiger partial charge >= 0.3 is 0 Å². The Bertz CT molecular complexity index is 498. The first-order valence-electron chi connectivity index (χ1n) is 5.71. The van der Waals surface area contributed by atoms with Gasteiger partial charge in [-0.3, -0.25) is 0 Å². The summed E-state index contributed by atoms with van der Waals surface area (Å²) in [5.41, 5.74) is 1.84. The number of hydrogen-bond donors (Lipinski definition) is 1. The second kappa shape index (κ2) is 3.83. The molecule has 1 fully saturated rings. The fourth-order valence-corrected chi connectivity index (χ4v) is 2.20. The molecule has 0 spiro atoms. The lowest BCUT2D eigenvalue weighted by Gasteiger charge is -2.05. The van der Waals surface area contributed by atoms with Crippen LogP contribution in [0.3, 0.4) is 0 Å². The summed E-state index contributed by atoms with van der Waals surface area (Å²) < 4.78 is 1.87. The van der Waals surface area contributed by atoms with Crippen molar-refractivity contribution in [2.24, 2.45) is 5.92 Å². The summed E-state index contributed by atoms with van der Waals surface area (Å²) in [6.07, 6.45) is 2.19. The lowest BCUT2D eigenvalue weighted by molar-refractivity contribution is 0.551. The second-order valence-corrected chi connectivity index (χ2v) is 4.42. The van der Waals surface area contributed by atoms with Gasteiger partial charge in [0.2, 0.25) is 0 Å². The molecular weight excluding hydrogens is 202 g/mol.